The Balaban J connectivity index is 1.97. The highest BCUT2D eigenvalue weighted by Gasteiger charge is 2.43. The first-order chi connectivity index (χ1) is 13.4. The Morgan fingerprint density at radius 3 is 2.50 bits per heavy atom. The topological polar surface area (TPSA) is 58.9 Å². The molecule has 28 heavy (non-hydrogen) atoms. The van der Waals surface area contributed by atoms with Gasteiger partial charge in [-0.2, -0.15) is 0 Å². The van der Waals surface area contributed by atoms with Crippen LogP contribution in [0.5, 0.6) is 0 Å². The Morgan fingerprint density at radius 2 is 1.89 bits per heavy atom. The minimum absolute atomic E-state index is 0.145. The molecular formula is C23H29BrO4. The van der Waals surface area contributed by atoms with E-state index >= 15 is 0 Å². The van der Waals surface area contributed by atoms with Crippen molar-refractivity contribution < 1.29 is 19.7 Å². The van der Waals surface area contributed by atoms with Crippen molar-refractivity contribution in [3.63, 3.8) is 0 Å². The van der Waals surface area contributed by atoms with Crippen LogP contribution >= 0.6 is 15.9 Å². The van der Waals surface area contributed by atoms with Crippen LogP contribution < -0.4 is 0 Å². The molecule has 3 unspecified atom stereocenters. The van der Waals surface area contributed by atoms with Crippen LogP contribution in [-0.4, -0.2) is 36.1 Å². The molecule has 4 nitrogen and oxygen atoms in total. The molecule has 1 fully saturated rings. The van der Waals surface area contributed by atoms with Crippen molar-refractivity contribution in [2.24, 2.45) is 0 Å². The number of rotatable bonds is 6. The van der Waals surface area contributed by atoms with Gasteiger partial charge in [-0.1, -0.05) is 47.1 Å². The van der Waals surface area contributed by atoms with Gasteiger partial charge in [0.1, 0.15) is 0 Å². The third kappa shape index (κ3) is 4.50. The molecule has 0 bridgehead atoms. The van der Waals surface area contributed by atoms with E-state index in [4.69, 9.17) is 9.47 Å². The van der Waals surface area contributed by atoms with Crippen molar-refractivity contribution in [3.8, 4) is 0 Å². The molecule has 1 heterocycles. The zero-order valence-corrected chi connectivity index (χ0v) is 18.3. The maximum absolute atomic E-state index is 10.3. The van der Waals surface area contributed by atoms with Gasteiger partial charge < -0.3 is 19.7 Å². The van der Waals surface area contributed by atoms with Gasteiger partial charge >= 0.3 is 0 Å². The Kier molecular flexibility index (Phi) is 6.94. The number of hydrogen-bond acceptors (Lipinski definition) is 4. The van der Waals surface area contributed by atoms with Gasteiger partial charge in [-0.15, -0.1) is 0 Å². The van der Waals surface area contributed by atoms with Crippen molar-refractivity contribution >= 4 is 15.9 Å². The zero-order valence-electron chi connectivity index (χ0n) is 16.7. The van der Waals surface area contributed by atoms with Crippen LogP contribution in [0.3, 0.4) is 0 Å². The van der Waals surface area contributed by atoms with Crippen molar-refractivity contribution in [1.82, 2.24) is 0 Å². The highest BCUT2D eigenvalue weighted by Crippen LogP contribution is 2.41. The summed E-state index contributed by atoms with van der Waals surface area (Å²) in [7, 11) is 1.59. The first kappa shape index (κ1) is 21.5. The van der Waals surface area contributed by atoms with Crippen molar-refractivity contribution in [2.45, 2.75) is 57.5 Å². The first-order valence-electron chi connectivity index (χ1n) is 9.80. The van der Waals surface area contributed by atoms with E-state index in [0.29, 0.717) is 12.8 Å². The Bertz CT molecular complexity index is 805. The summed E-state index contributed by atoms with van der Waals surface area (Å²) in [5.41, 5.74) is 5.65. The molecule has 0 radical (unpaired) electrons. The largest absolute Gasteiger partial charge is 0.394 e. The molecule has 0 amide bonds. The molecule has 1 aliphatic rings. The third-order valence-corrected chi connectivity index (χ3v) is 6.66. The quantitative estimate of drug-likeness (QED) is 0.693. The highest BCUT2D eigenvalue weighted by molar-refractivity contribution is 9.10. The zero-order chi connectivity index (χ0) is 20.3. The lowest BCUT2D eigenvalue weighted by atomic mass is 9.89. The van der Waals surface area contributed by atoms with E-state index in [1.807, 2.05) is 13.0 Å². The van der Waals surface area contributed by atoms with Gasteiger partial charge in [-0.05, 0) is 54.2 Å². The summed E-state index contributed by atoms with van der Waals surface area (Å²) in [5.74, 6) is -1.06. The standard InChI is InChI=1S/C23H29BrO4/c1-4-16-5-7-17(8-6-16)10-18-11-19(9-15(2)22(18)24)23(27-3)13-20(26)12-21(14-25)28-23/h5-9,11,20-21,25-26H,4,10,12-14H2,1-3H3. The monoisotopic (exact) mass is 448 g/mol. The van der Waals surface area contributed by atoms with Gasteiger partial charge in [0, 0.05) is 30.0 Å². The fourth-order valence-corrected chi connectivity index (χ4v) is 4.28. The maximum atomic E-state index is 10.3. The van der Waals surface area contributed by atoms with Crippen LogP contribution in [0.15, 0.2) is 40.9 Å². The molecule has 3 atom stereocenters. The summed E-state index contributed by atoms with van der Waals surface area (Å²) < 4.78 is 13.0. The van der Waals surface area contributed by atoms with E-state index in [1.54, 1.807) is 7.11 Å². The van der Waals surface area contributed by atoms with Gasteiger partial charge in [0.2, 0.25) is 0 Å². The van der Waals surface area contributed by atoms with E-state index in [0.717, 1.165) is 34.0 Å². The van der Waals surface area contributed by atoms with Crippen LogP contribution in [0, 0.1) is 6.92 Å². The number of methoxy groups -OCH3 is 1. The molecule has 0 aliphatic carbocycles. The van der Waals surface area contributed by atoms with E-state index in [2.05, 4.69) is 53.2 Å². The number of aliphatic hydroxyl groups excluding tert-OH is 2. The van der Waals surface area contributed by atoms with Crippen LogP contribution in [-0.2, 0) is 28.1 Å². The van der Waals surface area contributed by atoms with Crippen LogP contribution in [0.1, 0.15) is 47.6 Å². The van der Waals surface area contributed by atoms with Crippen LogP contribution in [0.2, 0.25) is 0 Å². The predicted octanol–water partition coefficient (Wildman–Crippen LogP) is 4.24. The molecule has 152 valence electrons. The normalized spacial score (nSPS) is 25.1. The molecule has 2 N–H and O–H groups in total. The number of aliphatic hydroxyl groups is 2. The van der Waals surface area contributed by atoms with Crippen molar-refractivity contribution in [1.29, 1.82) is 0 Å². The molecule has 1 aliphatic heterocycles. The third-order valence-electron chi connectivity index (χ3n) is 5.53. The lowest BCUT2D eigenvalue weighted by Crippen LogP contribution is -2.46. The Labute approximate surface area is 175 Å². The van der Waals surface area contributed by atoms with Crippen LogP contribution in [0.4, 0.5) is 0 Å². The van der Waals surface area contributed by atoms with Crippen molar-refractivity contribution in [2.75, 3.05) is 13.7 Å². The number of halogens is 1. The molecule has 0 spiro atoms. The van der Waals surface area contributed by atoms with Gasteiger partial charge in [-0.3, -0.25) is 0 Å². The summed E-state index contributed by atoms with van der Waals surface area (Å²) in [6.07, 6.45) is 1.53. The number of benzene rings is 2. The second-order valence-electron chi connectivity index (χ2n) is 7.59. The highest BCUT2D eigenvalue weighted by atomic mass is 79.9. The van der Waals surface area contributed by atoms with Crippen LogP contribution in [0.25, 0.3) is 0 Å². The molecule has 2 aromatic carbocycles. The Morgan fingerprint density at radius 1 is 1.21 bits per heavy atom. The Hall–Kier alpha value is -1.24. The van der Waals surface area contributed by atoms with Gasteiger partial charge in [0.15, 0.2) is 5.79 Å². The molecule has 3 rings (SSSR count). The lowest BCUT2D eigenvalue weighted by Gasteiger charge is -2.42. The number of aryl methyl sites for hydroxylation is 2. The van der Waals surface area contributed by atoms with Gasteiger partial charge in [0.05, 0.1) is 18.8 Å². The van der Waals surface area contributed by atoms with E-state index < -0.39 is 18.0 Å². The SMILES string of the molecule is CCc1ccc(Cc2cc(C3(OC)CC(O)CC(CO)O3)cc(C)c2Br)cc1. The smallest absolute Gasteiger partial charge is 0.197 e. The average Bonchev–Trinajstić information content (AvgIpc) is 2.71. The van der Waals surface area contributed by atoms with E-state index in [-0.39, 0.29) is 6.61 Å². The summed E-state index contributed by atoms with van der Waals surface area (Å²) in [5, 5.41) is 19.9. The number of ether oxygens (including phenoxy) is 2. The summed E-state index contributed by atoms with van der Waals surface area (Å²) in [4.78, 5) is 0. The fourth-order valence-electron chi connectivity index (χ4n) is 3.91. The second kappa shape index (κ2) is 9.06. The molecule has 0 saturated carbocycles. The maximum Gasteiger partial charge on any atom is 0.197 e. The summed E-state index contributed by atoms with van der Waals surface area (Å²) >= 11 is 3.73. The minimum atomic E-state index is -1.06. The molecule has 2 aromatic rings. The lowest BCUT2D eigenvalue weighted by molar-refractivity contribution is -0.299. The number of hydrogen-bond donors (Lipinski definition) is 2. The molecular weight excluding hydrogens is 420 g/mol. The molecule has 1 saturated heterocycles. The predicted molar refractivity (Wildman–Crippen MR) is 113 cm³/mol. The molecule has 0 aromatic heterocycles. The first-order valence-corrected chi connectivity index (χ1v) is 10.6. The van der Waals surface area contributed by atoms with Crippen molar-refractivity contribution in [3.05, 3.63) is 68.7 Å². The average molecular weight is 449 g/mol. The van der Waals surface area contributed by atoms with E-state index in [9.17, 15) is 10.2 Å². The van der Waals surface area contributed by atoms with Gasteiger partial charge in [0.25, 0.3) is 0 Å². The van der Waals surface area contributed by atoms with E-state index in [1.165, 1.54) is 11.1 Å². The minimum Gasteiger partial charge on any atom is -0.394 e. The second-order valence-corrected chi connectivity index (χ2v) is 8.38. The fraction of sp³-hybridized carbons (Fsp3) is 0.478. The summed E-state index contributed by atoms with van der Waals surface area (Å²) in [6.45, 7) is 4.05. The van der Waals surface area contributed by atoms with Gasteiger partial charge in [-0.25, -0.2) is 0 Å². The summed E-state index contributed by atoms with van der Waals surface area (Å²) in [6, 6.07) is 12.8. The molecule has 5 heteroatoms.